The van der Waals surface area contributed by atoms with Gasteiger partial charge in [-0.15, -0.1) is 0 Å². The molecule has 0 radical (unpaired) electrons. The van der Waals surface area contributed by atoms with Crippen LogP contribution in [-0.2, 0) is 4.74 Å². The van der Waals surface area contributed by atoms with Crippen molar-refractivity contribution in [3.8, 4) is 0 Å². The van der Waals surface area contributed by atoms with Gasteiger partial charge < -0.3 is 21.1 Å². The number of aliphatic imine (C=N–C) groups is 2. The fourth-order valence-corrected chi connectivity index (χ4v) is 6.82. The number of Topliss-reactive ketones (excluding diaryl/α,β-unsaturated/α-hetero) is 2. The SMILES string of the molecule is CC(N=C(N=C(N)c1ccccc1)NC1=CCCC2=C1C(=O)c1ccccc1C2=O)Nc1cccc2c1C(=O)c1ccccc1C1OC21. The smallest absolute Gasteiger partial charge is 0.226 e. The Morgan fingerprint density at radius 3 is 2.25 bits per heavy atom. The molecular weight excluding hydrogens is 602 g/mol. The molecule has 1 saturated heterocycles. The molecule has 3 atom stereocenters. The van der Waals surface area contributed by atoms with Crippen molar-refractivity contribution < 1.29 is 19.1 Å². The van der Waals surface area contributed by atoms with Crippen LogP contribution in [0.15, 0.2) is 130 Å². The Morgan fingerprint density at radius 1 is 0.792 bits per heavy atom. The van der Waals surface area contributed by atoms with Crippen molar-refractivity contribution >= 4 is 34.8 Å². The zero-order chi connectivity index (χ0) is 32.9. The lowest BCUT2D eigenvalue weighted by molar-refractivity contribution is 0.0972. The van der Waals surface area contributed by atoms with Crippen molar-refractivity contribution in [2.75, 3.05) is 5.32 Å². The third-order valence-electron chi connectivity index (χ3n) is 9.09. The quantitative estimate of drug-likeness (QED) is 0.135. The molecule has 1 fully saturated rings. The zero-order valence-corrected chi connectivity index (χ0v) is 26.1. The van der Waals surface area contributed by atoms with Gasteiger partial charge in [0.15, 0.2) is 17.3 Å². The summed E-state index contributed by atoms with van der Waals surface area (Å²) in [4.78, 5) is 50.6. The average Bonchev–Trinajstić information content (AvgIpc) is 3.92. The van der Waals surface area contributed by atoms with E-state index in [2.05, 4.69) is 15.6 Å². The van der Waals surface area contributed by atoms with Crippen LogP contribution in [0.1, 0.15) is 85.3 Å². The molecule has 4 aromatic carbocycles. The first-order chi connectivity index (χ1) is 23.4. The molecular formula is C39H31N5O4. The van der Waals surface area contributed by atoms with Gasteiger partial charge in [-0.1, -0.05) is 97.1 Å². The van der Waals surface area contributed by atoms with Gasteiger partial charge in [0, 0.05) is 39.2 Å². The number of hydrogen-bond acceptors (Lipinski definition) is 6. The van der Waals surface area contributed by atoms with Gasteiger partial charge in [0.1, 0.15) is 24.2 Å². The predicted octanol–water partition coefficient (Wildman–Crippen LogP) is 6.21. The maximum absolute atomic E-state index is 13.9. The molecule has 4 aromatic rings. The lowest BCUT2D eigenvalue weighted by Crippen LogP contribution is -2.33. The highest BCUT2D eigenvalue weighted by Gasteiger charge is 2.48. The largest absolute Gasteiger partial charge is 0.383 e. The number of anilines is 1. The highest BCUT2D eigenvalue weighted by Crippen LogP contribution is 2.55. The van der Waals surface area contributed by atoms with Crippen molar-refractivity contribution in [2.24, 2.45) is 15.7 Å². The number of fused-ring (bicyclic) bond motifs is 6. The van der Waals surface area contributed by atoms with Crippen LogP contribution >= 0.6 is 0 Å². The minimum Gasteiger partial charge on any atom is -0.383 e. The van der Waals surface area contributed by atoms with E-state index in [1.54, 1.807) is 24.3 Å². The summed E-state index contributed by atoms with van der Waals surface area (Å²) < 4.78 is 6.02. The lowest BCUT2D eigenvalue weighted by Gasteiger charge is -2.26. The number of rotatable bonds is 5. The van der Waals surface area contributed by atoms with Crippen molar-refractivity contribution in [1.82, 2.24) is 5.32 Å². The Hall–Kier alpha value is -5.93. The number of epoxide rings is 1. The second-order valence-electron chi connectivity index (χ2n) is 12.1. The summed E-state index contributed by atoms with van der Waals surface area (Å²) in [5.41, 5.74) is 12.7. The molecule has 3 aliphatic carbocycles. The van der Waals surface area contributed by atoms with Gasteiger partial charge in [-0.2, -0.15) is 4.99 Å². The average molecular weight is 634 g/mol. The summed E-state index contributed by atoms with van der Waals surface area (Å²) in [6, 6.07) is 29.4. The number of guanidine groups is 1. The molecule has 3 unspecified atom stereocenters. The molecule has 48 heavy (non-hydrogen) atoms. The third-order valence-corrected chi connectivity index (χ3v) is 9.09. The number of hydrogen-bond donors (Lipinski definition) is 3. The van der Waals surface area contributed by atoms with Gasteiger partial charge in [-0.3, -0.25) is 14.4 Å². The van der Waals surface area contributed by atoms with Crippen molar-refractivity contribution in [2.45, 2.75) is 38.1 Å². The van der Waals surface area contributed by atoms with E-state index < -0.39 is 6.17 Å². The number of amidine groups is 1. The first kappa shape index (κ1) is 29.5. The van der Waals surface area contributed by atoms with Crippen LogP contribution < -0.4 is 16.4 Å². The highest BCUT2D eigenvalue weighted by atomic mass is 16.6. The molecule has 0 aromatic heterocycles. The van der Waals surface area contributed by atoms with E-state index in [1.165, 1.54) is 0 Å². The van der Waals surface area contributed by atoms with Crippen LogP contribution in [0.5, 0.6) is 0 Å². The molecule has 9 heteroatoms. The van der Waals surface area contributed by atoms with Gasteiger partial charge in [0.05, 0.1) is 11.1 Å². The summed E-state index contributed by atoms with van der Waals surface area (Å²) >= 11 is 0. The summed E-state index contributed by atoms with van der Waals surface area (Å²) in [6.07, 6.45) is 1.97. The molecule has 0 spiro atoms. The normalized spacial score (nSPS) is 20.4. The number of nitrogens with zero attached hydrogens (tertiary/aromatic N) is 2. The number of nitrogens with two attached hydrogens (primary N) is 1. The molecule has 8 rings (SSSR count). The number of nitrogens with one attached hydrogen (secondary N) is 2. The topological polar surface area (TPSA) is 139 Å². The van der Waals surface area contributed by atoms with E-state index in [9.17, 15) is 14.4 Å². The minimum atomic E-state index is -0.601. The Bertz CT molecular complexity index is 2160. The van der Waals surface area contributed by atoms with Crippen LogP contribution in [0.3, 0.4) is 0 Å². The van der Waals surface area contributed by atoms with Crippen molar-refractivity contribution in [3.63, 3.8) is 0 Å². The molecule has 236 valence electrons. The van der Waals surface area contributed by atoms with Gasteiger partial charge in [-0.25, -0.2) is 4.99 Å². The van der Waals surface area contributed by atoms with E-state index in [0.29, 0.717) is 63.2 Å². The molecule has 0 amide bonds. The fraction of sp³-hybridized carbons (Fsp3) is 0.154. The monoisotopic (exact) mass is 633 g/mol. The molecule has 9 nitrogen and oxygen atoms in total. The van der Waals surface area contributed by atoms with Crippen molar-refractivity contribution in [1.29, 1.82) is 0 Å². The van der Waals surface area contributed by atoms with Crippen LogP contribution in [0.4, 0.5) is 5.69 Å². The van der Waals surface area contributed by atoms with Gasteiger partial charge in [0.2, 0.25) is 5.96 Å². The highest BCUT2D eigenvalue weighted by molar-refractivity contribution is 6.29. The second-order valence-corrected chi connectivity index (χ2v) is 12.1. The number of benzene rings is 4. The molecule has 1 heterocycles. The molecule has 1 aliphatic heterocycles. The summed E-state index contributed by atoms with van der Waals surface area (Å²) in [7, 11) is 0. The predicted molar refractivity (Wildman–Crippen MR) is 183 cm³/mol. The molecule has 4 N–H and O–H groups in total. The molecule has 0 bridgehead atoms. The Balaban J connectivity index is 1.15. The Kier molecular flexibility index (Phi) is 7.18. The first-order valence-corrected chi connectivity index (χ1v) is 15.9. The number of carbonyl (C=O) groups is 3. The number of allylic oxidation sites excluding steroid dienone is 3. The van der Waals surface area contributed by atoms with E-state index in [0.717, 1.165) is 11.1 Å². The van der Waals surface area contributed by atoms with Gasteiger partial charge >= 0.3 is 0 Å². The lowest BCUT2D eigenvalue weighted by atomic mass is 9.79. The van der Waals surface area contributed by atoms with E-state index in [4.69, 9.17) is 15.5 Å². The number of carbonyl (C=O) groups excluding carboxylic acids is 3. The Labute approximate surface area is 277 Å². The van der Waals surface area contributed by atoms with E-state index in [-0.39, 0.29) is 41.4 Å². The van der Waals surface area contributed by atoms with Gasteiger partial charge in [-0.05, 0) is 37.0 Å². The molecule has 0 saturated carbocycles. The van der Waals surface area contributed by atoms with Crippen LogP contribution in [-0.4, -0.2) is 35.3 Å². The first-order valence-electron chi connectivity index (χ1n) is 15.9. The minimum absolute atomic E-state index is 0.0760. The summed E-state index contributed by atoms with van der Waals surface area (Å²) in [5, 5.41) is 6.65. The second kappa shape index (κ2) is 11.7. The summed E-state index contributed by atoms with van der Waals surface area (Å²) in [5.74, 6) is -0.0945. The molecule has 4 aliphatic rings. The van der Waals surface area contributed by atoms with Crippen LogP contribution in [0.2, 0.25) is 0 Å². The number of ether oxygens (including phenoxy) is 1. The van der Waals surface area contributed by atoms with Crippen molar-refractivity contribution in [3.05, 3.63) is 159 Å². The standard InChI is InChI=1S/C39H31N5O4/c1-21(41-29-19-10-18-28-32(29)35(47)25-15-7-8-16-26(25)36-37(28)48-36)42-39(44-38(40)22-11-3-2-4-12-22)43-30-20-9-17-27-31(30)34(46)24-14-6-5-13-23(24)33(27)45/h2-8,10-16,18-21,36-37,41H,9,17H2,1H3,(H3,40,42,43,44). The zero-order valence-electron chi connectivity index (χ0n) is 26.1. The van der Waals surface area contributed by atoms with E-state index in [1.807, 2.05) is 85.8 Å². The fourth-order valence-electron chi connectivity index (χ4n) is 6.82. The number of ketones is 3. The maximum atomic E-state index is 13.9. The Morgan fingerprint density at radius 2 is 1.46 bits per heavy atom. The van der Waals surface area contributed by atoms with E-state index >= 15 is 0 Å². The maximum Gasteiger partial charge on any atom is 0.226 e. The van der Waals surface area contributed by atoms with Crippen LogP contribution in [0.25, 0.3) is 0 Å². The third kappa shape index (κ3) is 5.05. The summed E-state index contributed by atoms with van der Waals surface area (Å²) in [6.45, 7) is 1.84. The van der Waals surface area contributed by atoms with Gasteiger partial charge in [0.25, 0.3) is 0 Å². The van der Waals surface area contributed by atoms with Crippen LogP contribution in [0, 0.1) is 0 Å².